The summed E-state index contributed by atoms with van der Waals surface area (Å²) in [6.07, 6.45) is 9.30. The van der Waals surface area contributed by atoms with Crippen molar-refractivity contribution in [2.45, 2.75) is 32.1 Å². The molecule has 2 atom stereocenters. The molecule has 0 radical (unpaired) electrons. The van der Waals surface area contributed by atoms with E-state index < -0.39 is 0 Å². The van der Waals surface area contributed by atoms with Crippen LogP contribution in [0.1, 0.15) is 32.1 Å². The molecule has 2 rings (SSSR count). The first kappa shape index (κ1) is 7.85. The van der Waals surface area contributed by atoms with Crippen molar-refractivity contribution in [2.75, 3.05) is 5.33 Å². The van der Waals surface area contributed by atoms with Crippen molar-refractivity contribution in [1.29, 1.82) is 0 Å². The number of fused-ring (bicyclic) bond motifs is 1. The molecular formula is C10H15Br. The number of alkyl halides is 1. The van der Waals surface area contributed by atoms with Crippen LogP contribution in [0, 0.1) is 10.8 Å². The Labute approximate surface area is 77.2 Å². The second-order valence-corrected chi connectivity index (χ2v) is 4.90. The van der Waals surface area contributed by atoms with Gasteiger partial charge in [0.25, 0.3) is 0 Å². The summed E-state index contributed by atoms with van der Waals surface area (Å²) in [5.74, 6) is 0. The number of halogens is 1. The van der Waals surface area contributed by atoms with Crippen molar-refractivity contribution in [3.05, 3.63) is 12.7 Å². The fourth-order valence-corrected chi connectivity index (χ4v) is 3.79. The van der Waals surface area contributed by atoms with E-state index in [1.54, 1.807) is 0 Å². The molecule has 0 aliphatic heterocycles. The van der Waals surface area contributed by atoms with Gasteiger partial charge in [-0.15, -0.1) is 6.58 Å². The molecule has 2 saturated carbocycles. The maximum absolute atomic E-state index is 3.97. The molecule has 62 valence electrons. The maximum Gasteiger partial charge on any atom is 0.00369 e. The van der Waals surface area contributed by atoms with Crippen molar-refractivity contribution in [1.82, 2.24) is 0 Å². The summed E-state index contributed by atoms with van der Waals surface area (Å²) in [6, 6.07) is 0. The Morgan fingerprint density at radius 1 is 1.45 bits per heavy atom. The van der Waals surface area contributed by atoms with Crippen LogP contribution < -0.4 is 0 Å². The zero-order valence-electron chi connectivity index (χ0n) is 6.91. The molecule has 11 heavy (non-hydrogen) atoms. The van der Waals surface area contributed by atoms with Gasteiger partial charge in [0.1, 0.15) is 0 Å². The van der Waals surface area contributed by atoms with E-state index in [0.29, 0.717) is 10.8 Å². The normalized spacial score (nSPS) is 47.0. The Morgan fingerprint density at radius 3 is 2.82 bits per heavy atom. The van der Waals surface area contributed by atoms with E-state index in [4.69, 9.17) is 0 Å². The van der Waals surface area contributed by atoms with Gasteiger partial charge in [-0.3, -0.25) is 0 Å². The van der Waals surface area contributed by atoms with Gasteiger partial charge >= 0.3 is 0 Å². The second kappa shape index (κ2) is 2.35. The van der Waals surface area contributed by atoms with E-state index in [9.17, 15) is 0 Å². The first-order valence-electron chi connectivity index (χ1n) is 4.48. The van der Waals surface area contributed by atoms with E-state index in [1.165, 1.54) is 37.4 Å². The van der Waals surface area contributed by atoms with E-state index in [-0.39, 0.29) is 0 Å². The minimum absolute atomic E-state index is 0.584. The van der Waals surface area contributed by atoms with Crippen molar-refractivity contribution in [3.8, 4) is 0 Å². The van der Waals surface area contributed by atoms with Gasteiger partial charge in [0, 0.05) is 5.33 Å². The van der Waals surface area contributed by atoms with Crippen LogP contribution in [0.4, 0.5) is 0 Å². The summed E-state index contributed by atoms with van der Waals surface area (Å²) < 4.78 is 0. The van der Waals surface area contributed by atoms with Crippen LogP contribution >= 0.6 is 15.9 Å². The van der Waals surface area contributed by atoms with Crippen LogP contribution in [0.25, 0.3) is 0 Å². The van der Waals surface area contributed by atoms with Crippen LogP contribution in [0.15, 0.2) is 12.7 Å². The molecule has 0 nitrogen and oxygen atoms in total. The highest BCUT2D eigenvalue weighted by Crippen LogP contribution is 2.75. The van der Waals surface area contributed by atoms with Crippen molar-refractivity contribution >= 4 is 15.9 Å². The third kappa shape index (κ3) is 0.867. The molecule has 0 spiro atoms. The predicted octanol–water partition coefficient (Wildman–Crippen LogP) is 3.52. The van der Waals surface area contributed by atoms with Gasteiger partial charge in [-0.25, -0.2) is 0 Å². The van der Waals surface area contributed by atoms with E-state index >= 15 is 0 Å². The van der Waals surface area contributed by atoms with Crippen LogP contribution in [0.3, 0.4) is 0 Å². The van der Waals surface area contributed by atoms with Crippen LogP contribution in [0.5, 0.6) is 0 Å². The summed E-state index contributed by atoms with van der Waals surface area (Å²) in [5, 5.41) is 1.17. The molecule has 0 aromatic heterocycles. The molecule has 2 aliphatic carbocycles. The summed E-state index contributed by atoms with van der Waals surface area (Å²) in [5.41, 5.74) is 1.28. The minimum atomic E-state index is 0.584. The highest BCUT2D eigenvalue weighted by Gasteiger charge is 2.66. The zero-order chi connectivity index (χ0) is 7.95. The SMILES string of the molecule is C=CC12CCCC1(CCBr)C2. The quantitative estimate of drug-likeness (QED) is 0.499. The highest BCUT2D eigenvalue weighted by atomic mass is 79.9. The monoisotopic (exact) mass is 214 g/mol. The number of hydrogen-bond acceptors (Lipinski definition) is 0. The van der Waals surface area contributed by atoms with Gasteiger partial charge in [0.05, 0.1) is 0 Å². The Kier molecular flexibility index (Phi) is 1.68. The maximum atomic E-state index is 3.97. The minimum Gasteiger partial charge on any atom is -0.103 e. The molecule has 1 heteroatoms. The van der Waals surface area contributed by atoms with E-state index in [0.717, 1.165) is 0 Å². The van der Waals surface area contributed by atoms with E-state index in [1.807, 2.05) is 0 Å². The number of hydrogen-bond donors (Lipinski definition) is 0. The number of rotatable bonds is 3. The Hall–Kier alpha value is 0.220. The van der Waals surface area contributed by atoms with Crippen LogP contribution in [0.2, 0.25) is 0 Å². The lowest BCUT2D eigenvalue weighted by Crippen LogP contribution is -2.04. The molecule has 0 N–H and O–H groups in total. The molecule has 2 aliphatic rings. The van der Waals surface area contributed by atoms with Gasteiger partial charge < -0.3 is 0 Å². The average Bonchev–Trinajstić information content (AvgIpc) is 2.50. The average molecular weight is 215 g/mol. The molecular weight excluding hydrogens is 200 g/mol. The molecule has 0 heterocycles. The number of allylic oxidation sites excluding steroid dienone is 1. The van der Waals surface area contributed by atoms with Gasteiger partial charge in [0.15, 0.2) is 0 Å². The second-order valence-electron chi connectivity index (χ2n) is 4.11. The molecule has 0 aromatic carbocycles. The summed E-state index contributed by atoms with van der Waals surface area (Å²) >= 11 is 3.54. The first-order valence-corrected chi connectivity index (χ1v) is 5.60. The standard InChI is InChI=1S/C10H15Br/c1-2-9-4-3-5-10(9,8-9)6-7-11/h2H,1,3-8H2. The van der Waals surface area contributed by atoms with Crippen molar-refractivity contribution in [3.63, 3.8) is 0 Å². The summed E-state index contributed by atoms with van der Waals surface area (Å²) in [6.45, 7) is 3.97. The lowest BCUT2D eigenvalue weighted by molar-refractivity contribution is 0.438. The molecule has 0 saturated heterocycles. The van der Waals surface area contributed by atoms with Crippen molar-refractivity contribution in [2.24, 2.45) is 10.8 Å². The van der Waals surface area contributed by atoms with Gasteiger partial charge in [-0.2, -0.15) is 0 Å². The van der Waals surface area contributed by atoms with Crippen molar-refractivity contribution < 1.29 is 0 Å². The fraction of sp³-hybridized carbons (Fsp3) is 0.800. The summed E-state index contributed by atoms with van der Waals surface area (Å²) in [7, 11) is 0. The van der Waals surface area contributed by atoms with E-state index in [2.05, 4.69) is 28.6 Å². The highest BCUT2D eigenvalue weighted by molar-refractivity contribution is 9.09. The zero-order valence-corrected chi connectivity index (χ0v) is 8.49. The largest absolute Gasteiger partial charge is 0.103 e. The fourth-order valence-electron chi connectivity index (χ4n) is 3.03. The Bertz CT molecular complexity index is 187. The van der Waals surface area contributed by atoms with Crippen LogP contribution in [-0.2, 0) is 0 Å². The summed E-state index contributed by atoms with van der Waals surface area (Å²) in [4.78, 5) is 0. The lowest BCUT2D eigenvalue weighted by atomic mass is 9.94. The molecule has 2 fully saturated rings. The third-order valence-electron chi connectivity index (χ3n) is 3.83. The lowest BCUT2D eigenvalue weighted by Gasteiger charge is -2.12. The topological polar surface area (TPSA) is 0 Å². The van der Waals surface area contributed by atoms with Gasteiger partial charge in [0.2, 0.25) is 0 Å². The molecule has 0 aromatic rings. The van der Waals surface area contributed by atoms with Gasteiger partial charge in [-0.05, 0) is 36.5 Å². The van der Waals surface area contributed by atoms with Crippen LogP contribution in [-0.4, -0.2) is 5.33 Å². The molecule has 2 unspecified atom stereocenters. The Morgan fingerprint density at radius 2 is 2.27 bits per heavy atom. The Balaban J connectivity index is 2.12. The predicted molar refractivity (Wildman–Crippen MR) is 51.9 cm³/mol. The molecule has 0 amide bonds. The third-order valence-corrected chi connectivity index (χ3v) is 4.22. The molecule has 0 bridgehead atoms. The first-order chi connectivity index (χ1) is 5.29. The van der Waals surface area contributed by atoms with Gasteiger partial charge in [-0.1, -0.05) is 28.4 Å². The smallest absolute Gasteiger partial charge is 0.00369 e.